The van der Waals surface area contributed by atoms with Crippen molar-refractivity contribution in [3.05, 3.63) is 36.4 Å². The van der Waals surface area contributed by atoms with Crippen molar-refractivity contribution >= 4 is 16.7 Å². The highest BCUT2D eigenvalue weighted by atomic mass is 16.3. The standard InChI is InChI=1S/C14H16N2O/c17-12-5-3-9-16(10-12)14-8-7-11-4-1-2-6-13(11)15-14/h1-2,4,6-8,12,17H,3,5,9-10H2/t12-/m0/s1. The Morgan fingerprint density at radius 2 is 2.06 bits per heavy atom. The van der Waals surface area contributed by atoms with E-state index in [1.807, 2.05) is 24.3 Å². The van der Waals surface area contributed by atoms with Gasteiger partial charge in [-0.3, -0.25) is 0 Å². The van der Waals surface area contributed by atoms with E-state index < -0.39 is 0 Å². The summed E-state index contributed by atoms with van der Waals surface area (Å²) < 4.78 is 0. The van der Waals surface area contributed by atoms with Gasteiger partial charge >= 0.3 is 0 Å². The van der Waals surface area contributed by atoms with E-state index in [1.165, 1.54) is 0 Å². The van der Waals surface area contributed by atoms with Gasteiger partial charge in [0, 0.05) is 18.5 Å². The highest BCUT2D eigenvalue weighted by Crippen LogP contribution is 2.21. The lowest BCUT2D eigenvalue weighted by atomic mass is 10.1. The van der Waals surface area contributed by atoms with E-state index >= 15 is 0 Å². The second-order valence-corrected chi connectivity index (χ2v) is 4.60. The normalized spacial score (nSPS) is 20.8. The molecule has 1 aliphatic heterocycles. The van der Waals surface area contributed by atoms with Crippen molar-refractivity contribution in [2.24, 2.45) is 0 Å². The lowest BCUT2D eigenvalue weighted by Gasteiger charge is -2.31. The Labute approximate surface area is 101 Å². The zero-order valence-electron chi connectivity index (χ0n) is 9.71. The molecule has 3 nitrogen and oxygen atoms in total. The van der Waals surface area contributed by atoms with Crippen molar-refractivity contribution in [1.29, 1.82) is 0 Å². The maximum atomic E-state index is 9.68. The lowest BCUT2D eigenvalue weighted by Crippen LogP contribution is -2.38. The molecule has 1 aromatic carbocycles. The Morgan fingerprint density at radius 3 is 2.94 bits per heavy atom. The molecule has 3 rings (SSSR count). The van der Waals surface area contributed by atoms with Crippen molar-refractivity contribution < 1.29 is 5.11 Å². The molecule has 88 valence electrons. The van der Waals surface area contributed by atoms with Gasteiger partial charge in [0.05, 0.1) is 11.6 Å². The summed E-state index contributed by atoms with van der Waals surface area (Å²) in [4.78, 5) is 6.82. The third kappa shape index (κ3) is 2.11. The third-order valence-electron chi connectivity index (χ3n) is 3.30. The SMILES string of the molecule is O[C@H]1CCCN(c2ccc3ccccc3n2)C1. The van der Waals surface area contributed by atoms with Gasteiger partial charge in [-0.1, -0.05) is 18.2 Å². The highest BCUT2D eigenvalue weighted by Gasteiger charge is 2.18. The van der Waals surface area contributed by atoms with Crippen LogP contribution in [0.2, 0.25) is 0 Å². The molecule has 0 bridgehead atoms. The second kappa shape index (κ2) is 4.34. The van der Waals surface area contributed by atoms with Crippen LogP contribution < -0.4 is 4.90 Å². The van der Waals surface area contributed by atoms with E-state index in [0.717, 1.165) is 36.1 Å². The number of hydrogen-bond donors (Lipinski definition) is 1. The molecule has 1 aromatic heterocycles. The van der Waals surface area contributed by atoms with Gasteiger partial charge in [0.15, 0.2) is 0 Å². The summed E-state index contributed by atoms with van der Waals surface area (Å²) in [6.07, 6.45) is 1.73. The molecule has 0 aliphatic carbocycles. The van der Waals surface area contributed by atoms with E-state index in [9.17, 15) is 5.11 Å². The molecule has 0 saturated carbocycles. The molecule has 2 heterocycles. The summed E-state index contributed by atoms with van der Waals surface area (Å²) in [5.41, 5.74) is 1.02. The molecule has 3 heteroatoms. The molecule has 0 amide bonds. The fourth-order valence-electron chi connectivity index (χ4n) is 2.39. The number of hydrogen-bond acceptors (Lipinski definition) is 3. The number of nitrogens with zero attached hydrogens (tertiary/aromatic N) is 2. The van der Waals surface area contributed by atoms with E-state index in [4.69, 9.17) is 0 Å². The topological polar surface area (TPSA) is 36.4 Å². The van der Waals surface area contributed by atoms with E-state index in [1.54, 1.807) is 0 Å². The minimum Gasteiger partial charge on any atom is -0.391 e. The number of benzene rings is 1. The monoisotopic (exact) mass is 228 g/mol. The first-order valence-electron chi connectivity index (χ1n) is 6.12. The minimum atomic E-state index is -0.211. The molecular weight excluding hydrogens is 212 g/mol. The maximum Gasteiger partial charge on any atom is 0.129 e. The number of piperidine rings is 1. The molecule has 1 atom stereocenters. The summed E-state index contributed by atoms with van der Waals surface area (Å²) in [5.74, 6) is 0.974. The zero-order valence-corrected chi connectivity index (χ0v) is 9.71. The van der Waals surface area contributed by atoms with Crippen LogP contribution in [0.1, 0.15) is 12.8 Å². The van der Waals surface area contributed by atoms with Crippen molar-refractivity contribution in [1.82, 2.24) is 4.98 Å². The van der Waals surface area contributed by atoms with Crippen LogP contribution >= 0.6 is 0 Å². The predicted molar refractivity (Wildman–Crippen MR) is 69.2 cm³/mol. The Bertz CT molecular complexity index is 526. The average molecular weight is 228 g/mol. The number of aliphatic hydroxyl groups is 1. The largest absolute Gasteiger partial charge is 0.391 e. The summed E-state index contributed by atoms with van der Waals surface area (Å²) in [6, 6.07) is 12.3. The van der Waals surface area contributed by atoms with Crippen LogP contribution in [0, 0.1) is 0 Å². The predicted octanol–water partition coefficient (Wildman–Crippen LogP) is 2.20. The van der Waals surface area contributed by atoms with Crippen LogP contribution in [0.4, 0.5) is 5.82 Å². The van der Waals surface area contributed by atoms with Crippen LogP contribution in [0.25, 0.3) is 10.9 Å². The molecule has 0 unspecified atom stereocenters. The number of aromatic nitrogens is 1. The third-order valence-corrected chi connectivity index (χ3v) is 3.30. The lowest BCUT2D eigenvalue weighted by molar-refractivity contribution is 0.154. The first kappa shape index (κ1) is 10.5. The zero-order chi connectivity index (χ0) is 11.7. The van der Waals surface area contributed by atoms with Crippen LogP contribution in [0.3, 0.4) is 0 Å². The Morgan fingerprint density at radius 1 is 1.18 bits per heavy atom. The number of pyridine rings is 1. The first-order valence-corrected chi connectivity index (χ1v) is 6.12. The number of anilines is 1. The molecular formula is C14H16N2O. The Hall–Kier alpha value is -1.61. The summed E-state index contributed by atoms with van der Waals surface area (Å²) in [7, 11) is 0. The second-order valence-electron chi connectivity index (χ2n) is 4.60. The number of rotatable bonds is 1. The molecule has 1 saturated heterocycles. The fraction of sp³-hybridized carbons (Fsp3) is 0.357. The van der Waals surface area contributed by atoms with Crippen LogP contribution in [-0.4, -0.2) is 29.3 Å². The van der Waals surface area contributed by atoms with Crippen molar-refractivity contribution in [2.45, 2.75) is 18.9 Å². The van der Waals surface area contributed by atoms with Crippen LogP contribution in [0.5, 0.6) is 0 Å². The van der Waals surface area contributed by atoms with E-state index in [2.05, 4.69) is 22.0 Å². The number of para-hydroxylation sites is 1. The number of aliphatic hydroxyl groups excluding tert-OH is 1. The van der Waals surface area contributed by atoms with Gasteiger partial charge in [0.1, 0.15) is 5.82 Å². The number of fused-ring (bicyclic) bond motifs is 1. The van der Waals surface area contributed by atoms with Gasteiger partial charge < -0.3 is 10.0 Å². The molecule has 1 fully saturated rings. The first-order chi connectivity index (χ1) is 8.33. The quantitative estimate of drug-likeness (QED) is 0.813. The molecule has 17 heavy (non-hydrogen) atoms. The van der Waals surface area contributed by atoms with Crippen LogP contribution in [-0.2, 0) is 0 Å². The van der Waals surface area contributed by atoms with Gasteiger partial charge in [-0.05, 0) is 31.0 Å². The van der Waals surface area contributed by atoms with Crippen LogP contribution in [0.15, 0.2) is 36.4 Å². The minimum absolute atomic E-state index is 0.211. The smallest absolute Gasteiger partial charge is 0.129 e. The van der Waals surface area contributed by atoms with Crippen molar-refractivity contribution in [2.75, 3.05) is 18.0 Å². The summed E-state index contributed by atoms with van der Waals surface area (Å²) in [6.45, 7) is 1.69. The molecule has 0 radical (unpaired) electrons. The molecule has 1 aliphatic rings. The summed E-state index contributed by atoms with van der Waals surface area (Å²) >= 11 is 0. The molecule has 1 N–H and O–H groups in total. The van der Waals surface area contributed by atoms with E-state index in [-0.39, 0.29) is 6.10 Å². The van der Waals surface area contributed by atoms with Crippen molar-refractivity contribution in [3.8, 4) is 0 Å². The fourth-order valence-corrected chi connectivity index (χ4v) is 2.39. The Kier molecular flexibility index (Phi) is 2.69. The Balaban J connectivity index is 1.94. The maximum absolute atomic E-state index is 9.68. The van der Waals surface area contributed by atoms with Gasteiger partial charge in [-0.25, -0.2) is 4.98 Å². The van der Waals surface area contributed by atoms with Crippen molar-refractivity contribution in [3.63, 3.8) is 0 Å². The van der Waals surface area contributed by atoms with Gasteiger partial charge in [-0.15, -0.1) is 0 Å². The van der Waals surface area contributed by atoms with Gasteiger partial charge in [-0.2, -0.15) is 0 Å². The molecule has 2 aromatic rings. The average Bonchev–Trinajstić information content (AvgIpc) is 2.38. The highest BCUT2D eigenvalue weighted by molar-refractivity contribution is 5.80. The van der Waals surface area contributed by atoms with Gasteiger partial charge in [0.25, 0.3) is 0 Å². The number of β-amino-alcohol motifs (C(OH)–C–C–N with tert-alkyl or cyclic N) is 1. The van der Waals surface area contributed by atoms with Gasteiger partial charge in [0.2, 0.25) is 0 Å². The van der Waals surface area contributed by atoms with E-state index in [0.29, 0.717) is 6.54 Å². The summed E-state index contributed by atoms with van der Waals surface area (Å²) in [5, 5.41) is 10.8. The molecule has 0 spiro atoms.